The summed E-state index contributed by atoms with van der Waals surface area (Å²) in [5.74, 6) is 0.606. The molecule has 0 bridgehead atoms. The van der Waals surface area contributed by atoms with Crippen LogP contribution in [-0.4, -0.2) is 25.3 Å². The van der Waals surface area contributed by atoms with Crippen LogP contribution in [0.5, 0.6) is 11.5 Å². The van der Waals surface area contributed by atoms with Gasteiger partial charge in [-0.15, -0.1) is 11.3 Å². The fourth-order valence-corrected chi connectivity index (χ4v) is 2.75. The molecule has 7 heteroatoms. The van der Waals surface area contributed by atoms with Gasteiger partial charge in [-0.05, 0) is 29.1 Å². The van der Waals surface area contributed by atoms with Gasteiger partial charge in [0.2, 0.25) is 6.79 Å². The van der Waals surface area contributed by atoms with Gasteiger partial charge in [0, 0.05) is 11.4 Å². The Labute approximate surface area is 137 Å². The van der Waals surface area contributed by atoms with E-state index in [4.69, 9.17) is 14.2 Å². The van der Waals surface area contributed by atoms with Crippen LogP contribution in [0.25, 0.3) is 0 Å². The first kappa shape index (κ1) is 15.4. The van der Waals surface area contributed by atoms with Crippen LogP contribution >= 0.6 is 11.3 Å². The molecule has 1 N–H and O–H groups in total. The summed E-state index contributed by atoms with van der Waals surface area (Å²) in [5, 5.41) is 4.58. The minimum absolute atomic E-state index is 0.188. The summed E-state index contributed by atoms with van der Waals surface area (Å²) < 4.78 is 15.4. The molecule has 23 heavy (non-hydrogen) atoms. The molecule has 120 valence electrons. The number of rotatable bonds is 6. The summed E-state index contributed by atoms with van der Waals surface area (Å²) in [7, 11) is 0. The first-order chi connectivity index (χ1) is 11.2. The largest absolute Gasteiger partial charge is 0.455 e. The van der Waals surface area contributed by atoms with Crippen LogP contribution in [0, 0.1) is 0 Å². The van der Waals surface area contributed by atoms with Crippen molar-refractivity contribution in [2.75, 3.05) is 13.4 Å². The minimum Gasteiger partial charge on any atom is -0.455 e. The zero-order chi connectivity index (χ0) is 16.1. The smallest absolute Gasteiger partial charge is 0.311 e. The van der Waals surface area contributed by atoms with Crippen LogP contribution in [-0.2, 0) is 27.3 Å². The molecule has 0 spiro atoms. The van der Waals surface area contributed by atoms with E-state index in [0.29, 0.717) is 18.0 Å². The van der Waals surface area contributed by atoms with E-state index in [1.165, 1.54) is 11.3 Å². The number of hydrogen-bond acceptors (Lipinski definition) is 6. The normalized spacial score (nSPS) is 12.0. The Balaban J connectivity index is 1.40. The van der Waals surface area contributed by atoms with E-state index in [1.807, 2.05) is 29.6 Å². The van der Waals surface area contributed by atoms with Gasteiger partial charge in [0.25, 0.3) is 5.91 Å². The maximum atomic E-state index is 11.7. The lowest BCUT2D eigenvalue weighted by molar-refractivity contribution is -0.147. The second-order valence-electron chi connectivity index (χ2n) is 4.88. The van der Waals surface area contributed by atoms with E-state index in [9.17, 15) is 9.59 Å². The van der Waals surface area contributed by atoms with Gasteiger partial charge in [0.1, 0.15) is 0 Å². The van der Waals surface area contributed by atoms with Crippen LogP contribution in [0.3, 0.4) is 0 Å². The molecule has 0 unspecified atom stereocenters. The molecule has 0 aliphatic carbocycles. The molecule has 1 aromatic carbocycles. The highest BCUT2D eigenvalue weighted by Gasteiger charge is 2.14. The van der Waals surface area contributed by atoms with Crippen molar-refractivity contribution in [3.8, 4) is 11.5 Å². The highest BCUT2D eigenvalue weighted by Crippen LogP contribution is 2.32. The molecule has 1 aromatic heterocycles. The number of carbonyl (C=O) groups is 2. The summed E-state index contributed by atoms with van der Waals surface area (Å²) in [5.41, 5.74) is 0.882. The van der Waals surface area contributed by atoms with Crippen LogP contribution < -0.4 is 14.8 Å². The molecule has 0 saturated heterocycles. The molecule has 3 rings (SSSR count). The highest BCUT2D eigenvalue weighted by molar-refractivity contribution is 7.10. The summed E-state index contributed by atoms with van der Waals surface area (Å²) in [6.45, 7) is 0.262. The number of ether oxygens (including phenoxy) is 3. The molecule has 2 aromatic rings. The van der Waals surface area contributed by atoms with Crippen molar-refractivity contribution in [1.82, 2.24) is 5.32 Å². The van der Waals surface area contributed by atoms with Gasteiger partial charge in [0.15, 0.2) is 18.1 Å². The van der Waals surface area contributed by atoms with Crippen molar-refractivity contribution in [2.45, 2.75) is 13.0 Å². The molecule has 1 amide bonds. The quantitative estimate of drug-likeness (QED) is 0.817. The first-order valence-corrected chi connectivity index (χ1v) is 7.92. The standard InChI is InChI=1S/C16H15NO5S/c18-15(9-20-16(19)7-12-2-1-5-23-12)17-8-11-3-4-13-14(6-11)22-10-21-13/h1-6H,7-10H2,(H,17,18). The van der Waals surface area contributed by atoms with Crippen molar-refractivity contribution < 1.29 is 23.8 Å². The molecule has 2 heterocycles. The zero-order valence-electron chi connectivity index (χ0n) is 12.2. The first-order valence-electron chi connectivity index (χ1n) is 7.04. The molecule has 0 saturated carbocycles. The number of hydrogen-bond donors (Lipinski definition) is 1. The van der Waals surface area contributed by atoms with E-state index < -0.39 is 5.97 Å². The Kier molecular flexibility index (Phi) is 4.77. The third-order valence-corrected chi connectivity index (χ3v) is 4.07. The molecular formula is C16H15NO5S. The minimum atomic E-state index is -0.411. The average Bonchev–Trinajstić information content (AvgIpc) is 3.21. The van der Waals surface area contributed by atoms with Gasteiger partial charge >= 0.3 is 5.97 Å². The Morgan fingerprint density at radius 2 is 2.09 bits per heavy atom. The Bertz CT molecular complexity index is 699. The van der Waals surface area contributed by atoms with Gasteiger partial charge in [-0.2, -0.15) is 0 Å². The maximum absolute atomic E-state index is 11.7. The lowest BCUT2D eigenvalue weighted by atomic mass is 10.2. The average molecular weight is 333 g/mol. The van der Waals surface area contributed by atoms with E-state index in [-0.39, 0.29) is 25.7 Å². The summed E-state index contributed by atoms with van der Waals surface area (Å²) in [4.78, 5) is 24.2. The number of fused-ring (bicyclic) bond motifs is 1. The van der Waals surface area contributed by atoms with Gasteiger partial charge in [-0.1, -0.05) is 12.1 Å². The monoisotopic (exact) mass is 333 g/mol. The molecule has 1 aliphatic heterocycles. The molecule has 1 aliphatic rings. The number of benzene rings is 1. The van der Waals surface area contributed by atoms with Crippen LogP contribution in [0.2, 0.25) is 0 Å². The van der Waals surface area contributed by atoms with E-state index >= 15 is 0 Å². The molecule has 0 radical (unpaired) electrons. The fourth-order valence-electron chi connectivity index (χ4n) is 2.06. The van der Waals surface area contributed by atoms with Gasteiger partial charge in [-0.25, -0.2) is 0 Å². The molecule has 0 fully saturated rings. The van der Waals surface area contributed by atoms with E-state index in [2.05, 4.69) is 5.32 Å². The molecule has 0 atom stereocenters. The number of thiophene rings is 1. The third-order valence-electron chi connectivity index (χ3n) is 3.19. The highest BCUT2D eigenvalue weighted by atomic mass is 32.1. The van der Waals surface area contributed by atoms with Crippen molar-refractivity contribution in [1.29, 1.82) is 0 Å². The Morgan fingerprint density at radius 3 is 2.91 bits per heavy atom. The van der Waals surface area contributed by atoms with Crippen molar-refractivity contribution in [3.63, 3.8) is 0 Å². The fraction of sp³-hybridized carbons (Fsp3) is 0.250. The van der Waals surface area contributed by atoms with E-state index in [1.54, 1.807) is 6.07 Å². The van der Waals surface area contributed by atoms with Crippen molar-refractivity contribution in [2.24, 2.45) is 0 Å². The number of nitrogens with one attached hydrogen (secondary N) is 1. The van der Waals surface area contributed by atoms with Crippen molar-refractivity contribution >= 4 is 23.2 Å². The van der Waals surface area contributed by atoms with Crippen LogP contribution in [0.4, 0.5) is 0 Å². The van der Waals surface area contributed by atoms with Crippen LogP contribution in [0.1, 0.15) is 10.4 Å². The lowest BCUT2D eigenvalue weighted by Crippen LogP contribution is -2.28. The van der Waals surface area contributed by atoms with Crippen LogP contribution in [0.15, 0.2) is 35.7 Å². The van der Waals surface area contributed by atoms with Gasteiger partial charge in [-0.3, -0.25) is 9.59 Å². The second kappa shape index (κ2) is 7.15. The summed E-state index contributed by atoms with van der Waals surface area (Å²) >= 11 is 1.48. The maximum Gasteiger partial charge on any atom is 0.311 e. The SMILES string of the molecule is O=C(COC(=O)Cc1cccs1)NCc1ccc2c(c1)OCO2. The van der Waals surface area contributed by atoms with Gasteiger partial charge < -0.3 is 19.5 Å². The second-order valence-corrected chi connectivity index (χ2v) is 5.91. The van der Waals surface area contributed by atoms with Gasteiger partial charge in [0.05, 0.1) is 6.42 Å². The predicted molar refractivity (Wildman–Crippen MR) is 83.4 cm³/mol. The molecule has 6 nitrogen and oxygen atoms in total. The topological polar surface area (TPSA) is 73.9 Å². The third kappa shape index (κ3) is 4.23. The Hall–Kier alpha value is -2.54. The predicted octanol–water partition coefficient (Wildman–Crippen LogP) is 1.88. The Morgan fingerprint density at radius 1 is 1.22 bits per heavy atom. The number of amides is 1. The number of carbonyl (C=O) groups excluding carboxylic acids is 2. The van der Waals surface area contributed by atoms with E-state index in [0.717, 1.165) is 10.4 Å². The molecular weight excluding hydrogens is 318 g/mol. The number of esters is 1. The lowest BCUT2D eigenvalue weighted by Gasteiger charge is -2.07. The summed E-state index contributed by atoms with van der Waals surface area (Å²) in [6, 6.07) is 9.17. The summed E-state index contributed by atoms with van der Waals surface area (Å²) in [6.07, 6.45) is 0.188. The van der Waals surface area contributed by atoms with Crippen molar-refractivity contribution in [3.05, 3.63) is 46.2 Å². The zero-order valence-corrected chi connectivity index (χ0v) is 13.1.